The molecular weight excluding hydrogens is 637 g/mol. The summed E-state index contributed by atoms with van der Waals surface area (Å²) < 4.78 is 0. The lowest BCUT2D eigenvalue weighted by Crippen LogP contribution is -2.35. The first-order chi connectivity index (χ1) is 23.4. The molecule has 0 N–H and O–H groups in total. The van der Waals surface area contributed by atoms with E-state index in [2.05, 4.69) is 12.1 Å². The zero-order valence-electron chi connectivity index (χ0n) is 27.5. The lowest BCUT2D eigenvalue weighted by molar-refractivity contribution is -0.120. The van der Waals surface area contributed by atoms with Gasteiger partial charge in [-0.25, -0.2) is 9.98 Å². The summed E-state index contributed by atoms with van der Waals surface area (Å²) >= 11 is 3.53. The van der Waals surface area contributed by atoms with Crippen LogP contribution in [0.3, 0.4) is 0 Å². The van der Waals surface area contributed by atoms with Crippen molar-refractivity contribution in [2.75, 3.05) is 0 Å². The minimum absolute atomic E-state index is 0.00407. The number of nitrogens with zero attached hydrogens (tertiary/aromatic N) is 2. The highest BCUT2D eigenvalue weighted by Gasteiger charge is 2.56. The van der Waals surface area contributed by atoms with Gasteiger partial charge < -0.3 is 0 Å². The molecule has 2 spiro atoms. The average Bonchev–Trinajstić information content (AvgIpc) is 3.92. The maximum Gasteiger partial charge on any atom is 0.188 e. The molecule has 6 saturated carbocycles. The fourth-order valence-corrected chi connectivity index (χ4v) is 14.2. The third-order valence-electron chi connectivity index (χ3n) is 13.8. The Balaban J connectivity index is 1.10. The molecular formula is C40H42N2O4S2. The first-order valence-corrected chi connectivity index (χ1v) is 20.4. The van der Waals surface area contributed by atoms with Crippen molar-refractivity contribution >= 4 is 68.3 Å². The largest absolute Gasteiger partial charge is 0.292 e. The first-order valence-electron chi connectivity index (χ1n) is 18.8. The van der Waals surface area contributed by atoms with Gasteiger partial charge in [0.05, 0.1) is 10.6 Å². The maximum atomic E-state index is 13.6. The normalized spacial score (nSPS) is 31.2. The fourth-order valence-electron chi connectivity index (χ4n) is 11.5. The van der Waals surface area contributed by atoms with Gasteiger partial charge >= 0.3 is 0 Å². The molecule has 4 atom stereocenters. The molecule has 6 nitrogen and oxygen atoms in total. The average molecular weight is 679 g/mol. The zero-order chi connectivity index (χ0) is 32.4. The molecule has 0 saturated heterocycles. The van der Waals surface area contributed by atoms with Crippen LogP contribution in [0.25, 0.3) is 15.8 Å². The van der Waals surface area contributed by atoms with Crippen LogP contribution in [0.4, 0.5) is 5.00 Å². The third-order valence-corrected chi connectivity index (χ3v) is 16.1. The number of hydrogen-bond acceptors (Lipinski definition) is 8. The smallest absolute Gasteiger partial charge is 0.188 e. The highest BCUT2D eigenvalue weighted by molar-refractivity contribution is 7.25. The molecule has 2 heterocycles. The van der Waals surface area contributed by atoms with Gasteiger partial charge in [-0.3, -0.25) is 19.2 Å². The van der Waals surface area contributed by atoms with Crippen LogP contribution in [-0.4, -0.2) is 34.6 Å². The summed E-state index contributed by atoms with van der Waals surface area (Å²) in [4.78, 5) is 67.8. The van der Waals surface area contributed by atoms with Crippen LogP contribution in [-0.2, 0) is 30.0 Å². The molecule has 6 fully saturated rings. The van der Waals surface area contributed by atoms with Crippen LogP contribution in [0.1, 0.15) is 137 Å². The summed E-state index contributed by atoms with van der Waals surface area (Å²) in [7, 11) is 0. The van der Waals surface area contributed by atoms with E-state index in [1.165, 1.54) is 57.0 Å². The number of carbonyl (C=O) groups is 4. The second-order valence-electron chi connectivity index (χ2n) is 16.1. The number of rotatable bonds is 2. The fraction of sp³-hybridized carbons (Fsp3) is 0.600. The highest BCUT2D eigenvalue weighted by atomic mass is 32.1. The summed E-state index contributed by atoms with van der Waals surface area (Å²) in [6.45, 7) is 0. The van der Waals surface area contributed by atoms with Crippen LogP contribution < -0.4 is 0 Å². The van der Waals surface area contributed by atoms with Crippen molar-refractivity contribution in [2.45, 2.75) is 126 Å². The van der Waals surface area contributed by atoms with Crippen molar-refractivity contribution in [3.63, 3.8) is 0 Å². The molecule has 2 aromatic heterocycles. The van der Waals surface area contributed by atoms with E-state index in [9.17, 15) is 19.2 Å². The number of Topliss-reactive ketones (excluding diaryl/α,β-unsaturated/α-hetero) is 4. The Morgan fingerprint density at radius 2 is 1.04 bits per heavy atom. The molecule has 248 valence electrons. The Morgan fingerprint density at radius 3 is 1.58 bits per heavy atom. The Bertz CT molecular complexity index is 1860. The molecule has 0 aliphatic heterocycles. The summed E-state index contributed by atoms with van der Waals surface area (Å²) in [5.41, 5.74) is 5.33. The number of aliphatic imine (C=N–C) groups is 2. The molecule has 0 aromatic carbocycles. The highest BCUT2D eigenvalue weighted by Crippen LogP contribution is 2.68. The summed E-state index contributed by atoms with van der Waals surface area (Å²) in [5, 5.41) is 0.800. The van der Waals surface area contributed by atoms with E-state index in [4.69, 9.17) is 9.98 Å². The molecule has 8 aliphatic carbocycles. The van der Waals surface area contributed by atoms with E-state index in [-0.39, 0.29) is 69.1 Å². The summed E-state index contributed by atoms with van der Waals surface area (Å²) in [6.07, 6.45) is 20.8. The lowest BCUT2D eigenvalue weighted by Gasteiger charge is -2.41. The number of thiophene rings is 2. The van der Waals surface area contributed by atoms with E-state index in [0.29, 0.717) is 0 Å². The number of hydrogen-bond donors (Lipinski definition) is 0. The predicted molar refractivity (Wildman–Crippen MR) is 190 cm³/mol. The van der Waals surface area contributed by atoms with E-state index >= 15 is 0 Å². The van der Waals surface area contributed by atoms with Gasteiger partial charge in [0.15, 0.2) is 28.8 Å². The van der Waals surface area contributed by atoms with Gasteiger partial charge in [-0.2, -0.15) is 0 Å². The Morgan fingerprint density at radius 1 is 0.542 bits per heavy atom. The maximum absolute atomic E-state index is 13.6. The van der Waals surface area contributed by atoms with E-state index in [1.54, 1.807) is 11.3 Å². The zero-order valence-corrected chi connectivity index (χ0v) is 29.2. The standard InChI is InChI=1S/C40H42N2O4S2/c43-33-21-11-3-4-12-22(21)34(44)31(33)41-27-20-26-29(40(27)17-9-2-10-18-40)30-38(47-26)37-25(39(30)15-7-1-8-16-39)19-28(48-37)42-32-35(45)23-13-5-6-14-24(23)36(32)46/h19-24H,1-18H2. The summed E-state index contributed by atoms with van der Waals surface area (Å²) in [6, 6.07) is 2.23. The second kappa shape index (κ2) is 10.8. The number of carbonyl (C=O) groups excluding carboxylic acids is 4. The van der Waals surface area contributed by atoms with Crippen LogP contribution in [0.5, 0.6) is 0 Å². The lowest BCUT2D eigenvalue weighted by atomic mass is 9.62. The van der Waals surface area contributed by atoms with Gasteiger partial charge in [-0.1, -0.05) is 64.2 Å². The van der Waals surface area contributed by atoms with Crippen molar-refractivity contribution in [2.24, 2.45) is 33.7 Å². The monoisotopic (exact) mass is 678 g/mol. The molecule has 48 heavy (non-hydrogen) atoms. The Hall–Kier alpha value is -2.84. The van der Waals surface area contributed by atoms with Crippen molar-refractivity contribution in [1.82, 2.24) is 0 Å². The molecule has 4 unspecified atom stereocenters. The second-order valence-corrected chi connectivity index (χ2v) is 18.1. The number of allylic oxidation sites excluding steroid dienone is 1. The van der Waals surface area contributed by atoms with Crippen LogP contribution in [0.2, 0.25) is 0 Å². The topological polar surface area (TPSA) is 93.0 Å². The van der Waals surface area contributed by atoms with E-state index in [1.807, 2.05) is 11.3 Å². The van der Waals surface area contributed by atoms with Crippen LogP contribution >= 0.6 is 22.7 Å². The van der Waals surface area contributed by atoms with Gasteiger partial charge in [-0.05, 0) is 80.2 Å². The quantitative estimate of drug-likeness (QED) is 0.317. The molecule has 0 amide bonds. The van der Waals surface area contributed by atoms with Crippen molar-refractivity contribution in [1.29, 1.82) is 0 Å². The summed E-state index contributed by atoms with van der Waals surface area (Å²) in [5.74, 6) is -0.716. The van der Waals surface area contributed by atoms with Crippen molar-refractivity contribution in [3.05, 3.63) is 33.3 Å². The van der Waals surface area contributed by atoms with Crippen molar-refractivity contribution in [3.8, 4) is 9.75 Å². The molecule has 8 heteroatoms. The molecule has 0 radical (unpaired) electrons. The molecule has 0 bridgehead atoms. The Kier molecular flexibility index (Phi) is 6.77. The molecule has 8 aliphatic rings. The number of ketones is 4. The van der Waals surface area contributed by atoms with Crippen LogP contribution in [0, 0.1) is 23.7 Å². The predicted octanol–water partition coefficient (Wildman–Crippen LogP) is 9.03. The van der Waals surface area contributed by atoms with Crippen molar-refractivity contribution < 1.29 is 19.2 Å². The van der Waals surface area contributed by atoms with E-state index < -0.39 is 0 Å². The minimum Gasteiger partial charge on any atom is -0.292 e. The Labute approximate surface area is 289 Å². The molecule has 10 rings (SSSR count). The van der Waals surface area contributed by atoms with Gasteiger partial charge in [0.1, 0.15) is 10.7 Å². The SMILES string of the molecule is O=C1C(=NC2=Cc3sc4c(c3C23CCCCC3)C2(CCCCC2)c2cc(N=C3C(=O)C5CCCCC5C3=O)sc2-4)C(=O)C2CCCCC12. The van der Waals surface area contributed by atoms with E-state index in [0.717, 1.165) is 101 Å². The van der Waals surface area contributed by atoms with Gasteiger partial charge in [0, 0.05) is 44.3 Å². The first kappa shape index (κ1) is 30.0. The number of fused-ring (bicyclic) bond motifs is 10. The van der Waals surface area contributed by atoms with Gasteiger partial charge in [0.2, 0.25) is 0 Å². The minimum atomic E-state index is -0.250. The molecule has 2 aromatic rings. The van der Waals surface area contributed by atoms with Gasteiger partial charge in [-0.15, -0.1) is 22.7 Å². The van der Waals surface area contributed by atoms with Gasteiger partial charge in [0.25, 0.3) is 0 Å². The third kappa shape index (κ3) is 3.96. The van der Waals surface area contributed by atoms with Crippen LogP contribution in [0.15, 0.2) is 21.7 Å².